The molecular weight excluding hydrogens is 256 g/mol. The van der Waals surface area contributed by atoms with E-state index in [2.05, 4.69) is 15.5 Å². The minimum atomic E-state index is -0.263. The number of hydrogen-bond donors (Lipinski definition) is 2. The largest absolute Gasteiger partial charge is 0.394 e. The Morgan fingerprint density at radius 3 is 2.90 bits per heavy atom. The van der Waals surface area contributed by atoms with Crippen LogP contribution in [0.5, 0.6) is 0 Å². The molecule has 0 bridgehead atoms. The van der Waals surface area contributed by atoms with Crippen LogP contribution >= 0.6 is 0 Å². The Kier molecular flexibility index (Phi) is 2.67. The van der Waals surface area contributed by atoms with E-state index in [9.17, 15) is 4.79 Å². The Morgan fingerprint density at radius 1 is 1.40 bits per heavy atom. The minimum Gasteiger partial charge on any atom is -0.394 e. The van der Waals surface area contributed by atoms with Crippen LogP contribution in [0.25, 0.3) is 5.52 Å². The summed E-state index contributed by atoms with van der Waals surface area (Å²) in [5, 5.41) is 11.1. The molecule has 0 aromatic carbocycles. The van der Waals surface area contributed by atoms with Gasteiger partial charge < -0.3 is 11.1 Å². The van der Waals surface area contributed by atoms with E-state index in [4.69, 9.17) is 5.73 Å². The van der Waals surface area contributed by atoms with Crippen molar-refractivity contribution < 1.29 is 4.79 Å². The third kappa shape index (κ3) is 1.80. The average molecular weight is 270 g/mol. The number of hydrogen-bond acceptors (Lipinski definition) is 4. The van der Waals surface area contributed by atoms with Crippen LogP contribution in [0.1, 0.15) is 16.1 Å². The Balaban J connectivity index is 1.97. The molecule has 7 nitrogen and oxygen atoms in total. The van der Waals surface area contributed by atoms with E-state index >= 15 is 0 Å². The highest BCUT2D eigenvalue weighted by atomic mass is 16.1. The lowest BCUT2D eigenvalue weighted by Crippen LogP contribution is -2.15. The summed E-state index contributed by atoms with van der Waals surface area (Å²) >= 11 is 0. The molecule has 0 spiro atoms. The second kappa shape index (κ2) is 4.37. The number of pyridine rings is 1. The number of anilines is 2. The highest BCUT2D eigenvalue weighted by molar-refractivity contribution is 6.09. The maximum absolute atomic E-state index is 12.3. The van der Waals surface area contributed by atoms with Crippen molar-refractivity contribution in [3.63, 3.8) is 0 Å². The van der Waals surface area contributed by atoms with Crippen molar-refractivity contribution in [3.8, 4) is 0 Å². The number of nitrogens with two attached hydrogens (primary N) is 1. The molecule has 0 saturated carbocycles. The molecule has 7 heteroatoms. The van der Waals surface area contributed by atoms with E-state index in [-0.39, 0.29) is 5.91 Å². The fraction of sp³-hybridized carbons (Fsp3) is 0.154. The topological polar surface area (TPSA) is 90.2 Å². The summed E-state index contributed by atoms with van der Waals surface area (Å²) in [5.41, 5.74) is 8.28. The van der Waals surface area contributed by atoms with Gasteiger partial charge in [0, 0.05) is 13.2 Å². The first-order chi connectivity index (χ1) is 9.58. The van der Waals surface area contributed by atoms with Crippen molar-refractivity contribution >= 4 is 22.9 Å². The fourth-order valence-electron chi connectivity index (χ4n) is 2.11. The van der Waals surface area contributed by atoms with E-state index in [0.717, 1.165) is 5.52 Å². The number of nitrogen functional groups attached to an aromatic ring is 1. The Labute approximate surface area is 115 Å². The van der Waals surface area contributed by atoms with Gasteiger partial charge in [-0.15, -0.1) is 0 Å². The molecule has 0 aliphatic rings. The van der Waals surface area contributed by atoms with Crippen molar-refractivity contribution in [3.05, 3.63) is 41.9 Å². The van der Waals surface area contributed by atoms with Crippen LogP contribution in [-0.4, -0.2) is 25.3 Å². The van der Waals surface area contributed by atoms with Gasteiger partial charge in [0.1, 0.15) is 0 Å². The highest BCUT2D eigenvalue weighted by Crippen LogP contribution is 2.22. The molecule has 3 aromatic rings. The van der Waals surface area contributed by atoms with Crippen LogP contribution in [0.3, 0.4) is 0 Å². The molecule has 0 saturated heterocycles. The monoisotopic (exact) mass is 270 g/mol. The molecule has 0 aliphatic heterocycles. The third-order valence-corrected chi connectivity index (χ3v) is 3.17. The fourth-order valence-corrected chi connectivity index (χ4v) is 2.11. The number of amides is 1. The van der Waals surface area contributed by atoms with Crippen LogP contribution in [0.15, 0.2) is 30.6 Å². The van der Waals surface area contributed by atoms with E-state index in [1.54, 1.807) is 29.4 Å². The molecule has 3 rings (SSSR count). The van der Waals surface area contributed by atoms with Gasteiger partial charge in [-0.2, -0.15) is 10.2 Å². The van der Waals surface area contributed by atoms with Crippen LogP contribution < -0.4 is 11.1 Å². The second-order valence-electron chi connectivity index (χ2n) is 4.51. The average Bonchev–Trinajstić information content (AvgIpc) is 2.96. The lowest BCUT2D eigenvalue weighted by molar-refractivity contribution is 0.102. The SMILES string of the molecule is Cc1nn(C)c(NC(=O)c2cnn3ccccc23)c1N. The normalized spacial score (nSPS) is 10.9. The number of fused-ring (bicyclic) bond motifs is 1. The molecule has 3 aromatic heterocycles. The first kappa shape index (κ1) is 12.2. The smallest absolute Gasteiger partial charge is 0.260 e. The summed E-state index contributed by atoms with van der Waals surface area (Å²) in [5.74, 6) is 0.226. The lowest BCUT2D eigenvalue weighted by atomic mass is 10.2. The second-order valence-corrected chi connectivity index (χ2v) is 4.51. The quantitative estimate of drug-likeness (QED) is 0.732. The van der Waals surface area contributed by atoms with Crippen molar-refractivity contribution in [1.82, 2.24) is 19.4 Å². The van der Waals surface area contributed by atoms with Crippen molar-refractivity contribution in [2.75, 3.05) is 11.1 Å². The number of carbonyl (C=O) groups excluding carboxylic acids is 1. The van der Waals surface area contributed by atoms with Gasteiger partial charge in [0.15, 0.2) is 5.82 Å². The van der Waals surface area contributed by atoms with Gasteiger partial charge in [-0.3, -0.25) is 9.48 Å². The van der Waals surface area contributed by atoms with Crippen molar-refractivity contribution in [2.45, 2.75) is 6.92 Å². The van der Waals surface area contributed by atoms with Crippen LogP contribution in [0.4, 0.5) is 11.5 Å². The molecule has 0 atom stereocenters. The zero-order valence-electron chi connectivity index (χ0n) is 11.2. The summed E-state index contributed by atoms with van der Waals surface area (Å²) in [6.07, 6.45) is 3.32. The van der Waals surface area contributed by atoms with Crippen molar-refractivity contribution in [2.24, 2.45) is 7.05 Å². The number of nitrogens with one attached hydrogen (secondary N) is 1. The lowest BCUT2D eigenvalue weighted by Gasteiger charge is -2.05. The molecule has 3 N–H and O–H groups in total. The van der Waals surface area contributed by atoms with Crippen LogP contribution in [0.2, 0.25) is 0 Å². The number of aromatic nitrogens is 4. The summed E-state index contributed by atoms with van der Waals surface area (Å²) in [6, 6.07) is 5.54. The van der Waals surface area contributed by atoms with Gasteiger partial charge in [0.2, 0.25) is 0 Å². The first-order valence-corrected chi connectivity index (χ1v) is 6.10. The molecule has 0 radical (unpaired) electrons. The van der Waals surface area contributed by atoms with E-state index in [0.29, 0.717) is 22.8 Å². The van der Waals surface area contributed by atoms with E-state index < -0.39 is 0 Å². The molecular formula is C13H14N6O. The summed E-state index contributed by atoms with van der Waals surface area (Å²) in [6.45, 7) is 1.79. The molecule has 0 fully saturated rings. The summed E-state index contributed by atoms with van der Waals surface area (Å²) in [4.78, 5) is 12.3. The zero-order chi connectivity index (χ0) is 14.3. The summed E-state index contributed by atoms with van der Waals surface area (Å²) < 4.78 is 3.20. The van der Waals surface area contributed by atoms with Gasteiger partial charge in [0.25, 0.3) is 5.91 Å². The molecule has 20 heavy (non-hydrogen) atoms. The molecule has 0 unspecified atom stereocenters. The minimum absolute atomic E-state index is 0.263. The number of aryl methyl sites for hydroxylation is 2. The Morgan fingerprint density at radius 2 is 2.20 bits per heavy atom. The van der Waals surface area contributed by atoms with E-state index in [1.165, 1.54) is 6.20 Å². The number of carbonyl (C=O) groups is 1. The number of rotatable bonds is 2. The van der Waals surface area contributed by atoms with E-state index in [1.807, 2.05) is 18.2 Å². The zero-order valence-corrected chi connectivity index (χ0v) is 11.2. The van der Waals surface area contributed by atoms with Crippen LogP contribution in [0, 0.1) is 6.92 Å². The van der Waals surface area contributed by atoms with Crippen molar-refractivity contribution in [1.29, 1.82) is 0 Å². The molecule has 0 aliphatic carbocycles. The Hall–Kier alpha value is -2.83. The summed E-state index contributed by atoms with van der Waals surface area (Å²) in [7, 11) is 1.73. The Bertz CT molecular complexity index is 800. The van der Waals surface area contributed by atoms with Gasteiger partial charge in [-0.25, -0.2) is 4.52 Å². The van der Waals surface area contributed by atoms with Gasteiger partial charge in [0.05, 0.1) is 28.7 Å². The molecule has 3 heterocycles. The highest BCUT2D eigenvalue weighted by Gasteiger charge is 2.17. The first-order valence-electron chi connectivity index (χ1n) is 6.10. The third-order valence-electron chi connectivity index (χ3n) is 3.17. The molecule has 1 amide bonds. The molecule has 102 valence electrons. The number of nitrogens with zero attached hydrogens (tertiary/aromatic N) is 4. The van der Waals surface area contributed by atoms with Gasteiger partial charge in [-0.05, 0) is 19.1 Å². The maximum atomic E-state index is 12.3. The standard InChI is InChI=1S/C13H14N6O/c1-8-11(14)12(18(2)17-8)16-13(20)9-7-15-19-6-4-3-5-10(9)19/h3-7H,14H2,1-2H3,(H,16,20). The predicted molar refractivity (Wildman–Crippen MR) is 75.5 cm³/mol. The van der Waals surface area contributed by atoms with Gasteiger partial charge >= 0.3 is 0 Å². The predicted octanol–water partition coefficient (Wildman–Crippen LogP) is 1.21. The van der Waals surface area contributed by atoms with Crippen LogP contribution in [-0.2, 0) is 7.05 Å². The van der Waals surface area contributed by atoms with Gasteiger partial charge in [-0.1, -0.05) is 6.07 Å². The maximum Gasteiger partial charge on any atom is 0.260 e.